The van der Waals surface area contributed by atoms with Crippen LogP contribution in [0, 0.1) is 5.82 Å². The van der Waals surface area contributed by atoms with Gasteiger partial charge < -0.3 is 4.42 Å². The zero-order valence-electron chi connectivity index (χ0n) is 16.8. The first-order valence-corrected chi connectivity index (χ1v) is 10.0. The average Bonchev–Trinajstić information content (AvgIpc) is 3.43. The van der Waals surface area contributed by atoms with Crippen LogP contribution < -0.4 is 0 Å². The van der Waals surface area contributed by atoms with Crippen molar-refractivity contribution in [2.75, 3.05) is 13.1 Å². The Balaban J connectivity index is 1.33. The van der Waals surface area contributed by atoms with Crippen molar-refractivity contribution in [2.24, 2.45) is 0 Å². The number of rotatable bonds is 7. The summed E-state index contributed by atoms with van der Waals surface area (Å²) in [5, 5.41) is 15.1. The van der Waals surface area contributed by atoms with Crippen molar-refractivity contribution in [3.8, 4) is 22.7 Å². The number of nitrogens with zero attached hydrogens (tertiary/aromatic N) is 7. The van der Waals surface area contributed by atoms with Crippen molar-refractivity contribution in [1.29, 1.82) is 0 Å². The first-order chi connectivity index (χ1) is 15.6. The topological polar surface area (TPSA) is 85.8 Å². The van der Waals surface area contributed by atoms with Gasteiger partial charge in [0.25, 0.3) is 5.89 Å². The average molecular weight is 441 g/mol. The minimum absolute atomic E-state index is 0.0551. The largest absolute Gasteiger partial charge is 0.415 e. The Labute approximate surface area is 180 Å². The number of benzene rings is 1. The van der Waals surface area contributed by atoms with Gasteiger partial charge in [-0.25, -0.2) is 9.07 Å². The highest BCUT2D eigenvalue weighted by Gasteiger charge is 2.19. The zero-order valence-corrected chi connectivity index (χ0v) is 16.8. The van der Waals surface area contributed by atoms with Crippen LogP contribution in [0.2, 0.25) is 0 Å². The molecule has 0 N–H and O–H groups in total. The maximum Gasteiger partial charge on any atom is 0.314 e. The molecule has 0 radical (unpaired) electrons. The van der Waals surface area contributed by atoms with E-state index in [1.54, 1.807) is 6.20 Å². The third kappa shape index (κ3) is 4.11. The van der Waals surface area contributed by atoms with Gasteiger partial charge in [-0.1, -0.05) is 29.5 Å². The molecule has 4 heterocycles. The van der Waals surface area contributed by atoms with Gasteiger partial charge in [0.15, 0.2) is 0 Å². The number of halogens is 3. The summed E-state index contributed by atoms with van der Waals surface area (Å²) in [6, 6.07) is 9.13. The Morgan fingerprint density at radius 1 is 1.06 bits per heavy atom. The molecule has 11 heteroatoms. The van der Waals surface area contributed by atoms with E-state index in [4.69, 9.17) is 4.42 Å². The van der Waals surface area contributed by atoms with Crippen LogP contribution >= 0.6 is 0 Å². The summed E-state index contributed by atoms with van der Waals surface area (Å²) < 4.78 is 46.2. The molecule has 0 unspecified atom stereocenters. The van der Waals surface area contributed by atoms with Crippen molar-refractivity contribution in [2.45, 2.75) is 25.9 Å². The van der Waals surface area contributed by atoms with E-state index in [0.29, 0.717) is 5.69 Å². The lowest BCUT2D eigenvalue weighted by molar-refractivity contribution is 0.116. The van der Waals surface area contributed by atoms with Gasteiger partial charge in [0.2, 0.25) is 5.89 Å². The molecule has 3 aromatic heterocycles. The standard InChI is InChI=1S/C21H18F3N7O/c22-16-8-14(20-27-28-21(32-20)19(23)24)9-25-18(16)12-31-11-17(26-29-31)15-5-2-1-4-13(15)10-30-6-3-7-30/h1-2,4-5,8-9,11,19H,3,6-7,10,12H2. The molecule has 5 rings (SSSR count). The highest BCUT2D eigenvalue weighted by Crippen LogP contribution is 2.26. The Hall–Kier alpha value is -3.60. The van der Waals surface area contributed by atoms with Crippen LogP contribution in [0.5, 0.6) is 0 Å². The smallest absolute Gasteiger partial charge is 0.314 e. The minimum Gasteiger partial charge on any atom is -0.415 e. The third-order valence-corrected chi connectivity index (χ3v) is 5.28. The predicted molar refractivity (Wildman–Crippen MR) is 107 cm³/mol. The van der Waals surface area contributed by atoms with Crippen molar-refractivity contribution in [3.05, 3.63) is 65.7 Å². The van der Waals surface area contributed by atoms with Gasteiger partial charge in [-0.05, 0) is 31.1 Å². The zero-order chi connectivity index (χ0) is 22.1. The van der Waals surface area contributed by atoms with Crippen LogP contribution in [0.1, 0.15) is 30.0 Å². The summed E-state index contributed by atoms with van der Waals surface area (Å²) in [7, 11) is 0. The molecule has 1 aromatic carbocycles. The normalized spacial score (nSPS) is 14.1. The molecule has 0 saturated carbocycles. The molecule has 0 spiro atoms. The van der Waals surface area contributed by atoms with Gasteiger partial charge in [0.05, 0.1) is 24.0 Å². The summed E-state index contributed by atoms with van der Waals surface area (Å²) in [4.78, 5) is 6.43. The molecule has 32 heavy (non-hydrogen) atoms. The Kier molecular flexibility index (Phi) is 5.39. The van der Waals surface area contributed by atoms with Crippen LogP contribution in [-0.2, 0) is 13.1 Å². The molecule has 0 bridgehead atoms. The van der Waals surface area contributed by atoms with Crippen molar-refractivity contribution in [3.63, 3.8) is 0 Å². The summed E-state index contributed by atoms with van der Waals surface area (Å²) in [5.41, 5.74) is 3.08. The molecule has 1 fully saturated rings. The maximum atomic E-state index is 14.6. The monoisotopic (exact) mass is 441 g/mol. The van der Waals surface area contributed by atoms with Crippen LogP contribution in [0.15, 0.2) is 47.1 Å². The van der Waals surface area contributed by atoms with Crippen LogP contribution in [0.4, 0.5) is 13.2 Å². The molecule has 0 atom stereocenters. The Bertz CT molecular complexity index is 1240. The van der Waals surface area contributed by atoms with Crippen LogP contribution in [-0.4, -0.2) is 48.2 Å². The third-order valence-electron chi connectivity index (χ3n) is 5.28. The number of hydrogen-bond donors (Lipinski definition) is 0. The lowest BCUT2D eigenvalue weighted by atomic mass is 10.0. The Morgan fingerprint density at radius 3 is 2.62 bits per heavy atom. The van der Waals surface area contributed by atoms with Crippen LogP contribution in [0.25, 0.3) is 22.7 Å². The van der Waals surface area contributed by atoms with E-state index in [1.165, 1.54) is 17.3 Å². The molecule has 1 aliphatic rings. The van der Waals surface area contributed by atoms with Crippen molar-refractivity contribution in [1.82, 2.24) is 35.1 Å². The minimum atomic E-state index is -2.90. The number of hydrogen-bond acceptors (Lipinski definition) is 7. The van der Waals surface area contributed by atoms with E-state index < -0.39 is 18.1 Å². The van der Waals surface area contributed by atoms with E-state index >= 15 is 0 Å². The summed E-state index contributed by atoms with van der Waals surface area (Å²) in [5.74, 6) is -1.69. The second-order valence-electron chi connectivity index (χ2n) is 7.49. The highest BCUT2D eigenvalue weighted by atomic mass is 19.3. The number of pyridine rings is 1. The number of aromatic nitrogens is 6. The molecule has 0 aliphatic carbocycles. The van der Waals surface area contributed by atoms with Gasteiger partial charge in [-0.2, -0.15) is 8.78 Å². The SMILES string of the molecule is Fc1cc(-c2nnc(C(F)F)o2)cnc1Cn1cc(-c2ccccc2CN2CCC2)nn1. The fourth-order valence-electron chi connectivity index (χ4n) is 3.48. The molecule has 4 aromatic rings. The van der Waals surface area contributed by atoms with E-state index in [1.807, 2.05) is 18.2 Å². The lowest BCUT2D eigenvalue weighted by Crippen LogP contribution is -2.36. The summed E-state index contributed by atoms with van der Waals surface area (Å²) >= 11 is 0. The van der Waals surface area contributed by atoms with Crippen LogP contribution in [0.3, 0.4) is 0 Å². The van der Waals surface area contributed by atoms with Gasteiger partial charge >= 0.3 is 6.43 Å². The summed E-state index contributed by atoms with van der Waals surface area (Å²) in [6.45, 7) is 3.09. The fourth-order valence-corrected chi connectivity index (χ4v) is 3.48. The predicted octanol–water partition coefficient (Wildman–Crippen LogP) is 3.72. The summed E-state index contributed by atoms with van der Waals surface area (Å²) in [6.07, 6.45) is 1.36. The molecule has 164 valence electrons. The lowest BCUT2D eigenvalue weighted by Gasteiger charge is -2.31. The van der Waals surface area contributed by atoms with Gasteiger partial charge in [-0.3, -0.25) is 9.88 Å². The van der Waals surface area contributed by atoms with E-state index in [-0.39, 0.29) is 23.7 Å². The molecule has 1 aliphatic heterocycles. The fraction of sp³-hybridized carbons (Fsp3) is 0.286. The molecule has 0 amide bonds. The first-order valence-electron chi connectivity index (χ1n) is 10.0. The van der Waals surface area contributed by atoms with E-state index in [9.17, 15) is 13.2 Å². The number of likely N-dealkylation sites (tertiary alicyclic amines) is 1. The van der Waals surface area contributed by atoms with E-state index in [2.05, 4.69) is 36.5 Å². The van der Waals surface area contributed by atoms with Gasteiger partial charge in [-0.15, -0.1) is 15.3 Å². The second kappa shape index (κ2) is 8.50. The van der Waals surface area contributed by atoms with E-state index in [0.717, 1.165) is 36.8 Å². The van der Waals surface area contributed by atoms with Crippen molar-refractivity contribution >= 4 is 0 Å². The quantitative estimate of drug-likeness (QED) is 0.432. The second-order valence-corrected chi connectivity index (χ2v) is 7.49. The number of alkyl halides is 2. The molecule has 1 saturated heterocycles. The van der Waals surface area contributed by atoms with Crippen molar-refractivity contribution < 1.29 is 17.6 Å². The highest BCUT2D eigenvalue weighted by molar-refractivity contribution is 5.62. The van der Waals surface area contributed by atoms with Gasteiger partial charge in [0.1, 0.15) is 11.5 Å². The molecular formula is C21H18F3N7O. The maximum absolute atomic E-state index is 14.6. The molecular weight excluding hydrogens is 423 g/mol. The first kappa shape index (κ1) is 20.3. The van der Waals surface area contributed by atoms with Gasteiger partial charge in [0, 0.05) is 18.3 Å². The Morgan fingerprint density at radius 2 is 1.91 bits per heavy atom. The molecule has 8 nitrogen and oxygen atoms in total.